The standard InChI is InChI=1S/C16H16N4O2S2/c1-9-13(24-16(23)17-9)8-15(22)18-11-4-2-10(3-5-11)12-6-7-14(21)20-19-12/h2-5H,6-8H2,1H3,(H,17,23)(H,18,22)(H,20,21). The maximum atomic E-state index is 12.1. The van der Waals surface area contributed by atoms with Gasteiger partial charge in [-0.1, -0.05) is 12.1 Å². The highest BCUT2D eigenvalue weighted by Crippen LogP contribution is 2.17. The summed E-state index contributed by atoms with van der Waals surface area (Å²) >= 11 is 6.50. The first-order valence-corrected chi connectivity index (χ1v) is 8.68. The lowest BCUT2D eigenvalue weighted by molar-refractivity contribution is -0.121. The second-order valence-electron chi connectivity index (χ2n) is 5.46. The Hall–Kier alpha value is -2.32. The number of nitrogens with zero attached hydrogens (tertiary/aromatic N) is 1. The Morgan fingerprint density at radius 2 is 2.08 bits per heavy atom. The molecule has 3 N–H and O–H groups in total. The van der Waals surface area contributed by atoms with Gasteiger partial charge in [-0.3, -0.25) is 9.59 Å². The van der Waals surface area contributed by atoms with E-state index in [0.29, 0.717) is 23.2 Å². The molecule has 8 heteroatoms. The van der Waals surface area contributed by atoms with Crippen LogP contribution in [-0.2, 0) is 16.0 Å². The van der Waals surface area contributed by atoms with Gasteiger partial charge in [0.05, 0.1) is 12.1 Å². The van der Waals surface area contributed by atoms with Crippen LogP contribution in [0.2, 0.25) is 0 Å². The van der Waals surface area contributed by atoms with Crippen molar-refractivity contribution in [1.82, 2.24) is 10.4 Å². The van der Waals surface area contributed by atoms with Gasteiger partial charge in [0.25, 0.3) is 0 Å². The van der Waals surface area contributed by atoms with E-state index in [2.05, 4.69) is 20.8 Å². The summed E-state index contributed by atoms with van der Waals surface area (Å²) in [6, 6.07) is 7.44. The van der Waals surface area contributed by atoms with Gasteiger partial charge in [-0.15, -0.1) is 11.3 Å². The van der Waals surface area contributed by atoms with Crippen LogP contribution in [-0.4, -0.2) is 22.5 Å². The van der Waals surface area contributed by atoms with Crippen LogP contribution >= 0.6 is 23.6 Å². The molecule has 6 nitrogen and oxygen atoms in total. The van der Waals surface area contributed by atoms with Crippen LogP contribution in [0.3, 0.4) is 0 Å². The summed E-state index contributed by atoms with van der Waals surface area (Å²) in [5.74, 6) is -0.149. The Bertz CT molecular complexity index is 865. The van der Waals surface area contributed by atoms with Crippen molar-refractivity contribution in [1.29, 1.82) is 0 Å². The quantitative estimate of drug-likeness (QED) is 0.733. The van der Waals surface area contributed by atoms with Gasteiger partial charge in [-0.2, -0.15) is 5.10 Å². The van der Waals surface area contributed by atoms with Crippen molar-refractivity contribution in [3.63, 3.8) is 0 Å². The molecule has 0 radical (unpaired) electrons. The van der Waals surface area contributed by atoms with Gasteiger partial charge in [-0.05, 0) is 36.8 Å². The van der Waals surface area contributed by atoms with E-state index in [1.54, 1.807) is 0 Å². The minimum Gasteiger partial charge on any atom is -0.341 e. The van der Waals surface area contributed by atoms with Crippen LogP contribution in [0.1, 0.15) is 29.0 Å². The van der Waals surface area contributed by atoms with Crippen LogP contribution in [0.4, 0.5) is 5.69 Å². The third kappa shape index (κ3) is 3.95. The molecule has 1 aromatic carbocycles. The predicted molar refractivity (Wildman–Crippen MR) is 96.9 cm³/mol. The molecule has 0 fully saturated rings. The van der Waals surface area contributed by atoms with Gasteiger partial charge in [0, 0.05) is 29.1 Å². The van der Waals surface area contributed by atoms with E-state index in [1.165, 1.54) is 11.3 Å². The lowest BCUT2D eigenvalue weighted by Gasteiger charge is -2.12. The predicted octanol–water partition coefficient (Wildman–Crippen LogP) is 2.91. The normalized spacial score (nSPS) is 14.0. The fourth-order valence-electron chi connectivity index (χ4n) is 2.38. The number of hydrogen-bond donors (Lipinski definition) is 3. The van der Waals surface area contributed by atoms with Crippen molar-refractivity contribution in [3.05, 3.63) is 44.4 Å². The van der Waals surface area contributed by atoms with Crippen LogP contribution in [0, 0.1) is 10.9 Å². The van der Waals surface area contributed by atoms with Crippen molar-refractivity contribution in [3.8, 4) is 0 Å². The molecule has 1 aromatic heterocycles. The van der Waals surface area contributed by atoms with Crippen LogP contribution in [0.5, 0.6) is 0 Å². The molecule has 0 atom stereocenters. The number of amides is 2. The Morgan fingerprint density at radius 1 is 1.33 bits per heavy atom. The van der Waals surface area contributed by atoms with Crippen molar-refractivity contribution >= 4 is 46.8 Å². The number of H-pyrrole nitrogens is 1. The van der Waals surface area contributed by atoms with E-state index in [9.17, 15) is 9.59 Å². The molecule has 2 heterocycles. The Balaban J connectivity index is 1.63. The molecule has 124 valence electrons. The molecule has 24 heavy (non-hydrogen) atoms. The van der Waals surface area contributed by atoms with Crippen LogP contribution < -0.4 is 10.7 Å². The molecule has 0 spiro atoms. The zero-order valence-corrected chi connectivity index (χ0v) is 14.6. The first-order chi connectivity index (χ1) is 11.5. The largest absolute Gasteiger partial charge is 0.341 e. The summed E-state index contributed by atoms with van der Waals surface area (Å²) in [5.41, 5.74) is 5.92. The number of anilines is 1. The second-order valence-corrected chi connectivity index (χ2v) is 7.23. The molecule has 0 saturated heterocycles. The summed E-state index contributed by atoms with van der Waals surface area (Å²) in [5, 5.41) is 6.93. The fraction of sp³-hybridized carbons (Fsp3) is 0.250. The Morgan fingerprint density at radius 3 is 2.67 bits per heavy atom. The number of hydrazone groups is 1. The zero-order chi connectivity index (χ0) is 17.1. The summed E-state index contributed by atoms with van der Waals surface area (Å²) in [4.78, 5) is 27.2. The summed E-state index contributed by atoms with van der Waals surface area (Å²) < 4.78 is 0.681. The number of aromatic nitrogens is 1. The number of nitrogens with one attached hydrogen (secondary N) is 3. The Kier molecular flexibility index (Phi) is 4.86. The van der Waals surface area contributed by atoms with E-state index < -0.39 is 0 Å². The van der Waals surface area contributed by atoms with Gasteiger partial charge in [0.1, 0.15) is 0 Å². The summed E-state index contributed by atoms with van der Waals surface area (Å²) in [7, 11) is 0. The van der Waals surface area contributed by atoms with Crippen LogP contribution in [0.25, 0.3) is 0 Å². The summed E-state index contributed by atoms with van der Waals surface area (Å²) in [6.07, 6.45) is 1.36. The van der Waals surface area contributed by atoms with Crippen molar-refractivity contribution < 1.29 is 9.59 Å². The molecule has 3 rings (SSSR count). The molecule has 0 bridgehead atoms. The molecule has 2 aromatic rings. The van der Waals surface area contributed by atoms with Gasteiger partial charge >= 0.3 is 0 Å². The second kappa shape index (κ2) is 7.06. The Labute approximate surface area is 148 Å². The van der Waals surface area contributed by atoms with Crippen molar-refractivity contribution in [2.45, 2.75) is 26.2 Å². The van der Waals surface area contributed by atoms with Crippen LogP contribution in [0.15, 0.2) is 29.4 Å². The molecule has 0 saturated carbocycles. The number of aromatic amines is 1. The maximum absolute atomic E-state index is 12.1. The number of aryl methyl sites for hydroxylation is 1. The first kappa shape index (κ1) is 16.5. The number of carbonyl (C=O) groups is 2. The average molecular weight is 360 g/mol. The molecular weight excluding hydrogens is 344 g/mol. The smallest absolute Gasteiger partial charge is 0.240 e. The summed E-state index contributed by atoms with van der Waals surface area (Å²) in [6.45, 7) is 1.91. The van der Waals surface area contributed by atoms with Crippen molar-refractivity contribution in [2.24, 2.45) is 5.10 Å². The highest BCUT2D eigenvalue weighted by atomic mass is 32.1. The number of carbonyl (C=O) groups excluding carboxylic acids is 2. The third-order valence-corrected chi connectivity index (χ3v) is 4.99. The van der Waals surface area contributed by atoms with Gasteiger partial charge in [-0.25, -0.2) is 5.43 Å². The van der Waals surface area contributed by atoms with E-state index in [-0.39, 0.29) is 11.8 Å². The maximum Gasteiger partial charge on any atom is 0.240 e. The minimum absolute atomic E-state index is 0.0639. The molecule has 2 amide bonds. The third-order valence-electron chi connectivity index (χ3n) is 3.65. The van der Waals surface area contributed by atoms with E-state index in [4.69, 9.17) is 12.2 Å². The minimum atomic E-state index is -0.0848. The topological polar surface area (TPSA) is 86.3 Å². The average Bonchev–Trinajstić information content (AvgIpc) is 2.86. The van der Waals surface area contributed by atoms with Gasteiger partial charge in [0.15, 0.2) is 3.95 Å². The van der Waals surface area contributed by atoms with E-state index in [1.807, 2.05) is 31.2 Å². The van der Waals surface area contributed by atoms with E-state index in [0.717, 1.165) is 27.5 Å². The number of hydrogen-bond acceptors (Lipinski definition) is 5. The molecular formula is C16H16N4O2S2. The van der Waals surface area contributed by atoms with Gasteiger partial charge in [0.2, 0.25) is 11.8 Å². The highest BCUT2D eigenvalue weighted by Gasteiger charge is 2.13. The number of rotatable bonds is 4. The fourth-order valence-corrected chi connectivity index (χ4v) is 3.68. The lowest BCUT2D eigenvalue weighted by Crippen LogP contribution is -2.25. The van der Waals surface area contributed by atoms with Gasteiger partial charge < -0.3 is 10.3 Å². The highest BCUT2D eigenvalue weighted by molar-refractivity contribution is 7.73. The number of thiazole rings is 1. The molecule has 0 unspecified atom stereocenters. The van der Waals surface area contributed by atoms with E-state index >= 15 is 0 Å². The lowest BCUT2D eigenvalue weighted by atomic mass is 10.0. The molecule has 1 aliphatic rings. The zero-order valence-electron chi connectivity index (χ0n) is 13.0. The first-order valence-electron chi connectivity index (χ1n) is 7.45. The monoisotopic (exact) mass is 360 g/mol. The molecule has 1 aliphatic heterocycles. The molecule has 0 aliphatic carbocycles. The SMILES string of the molecule is Cc1[nH]c(=S)sc1CC(=O)Nc1ccc(C2=NNC(=O)CC2)cc1. The number of benzene rings is 1. The van der Waals surface area contributed by atoms with Crippen molar-refractivity contribution in [2.75, 3.05) is 5.32 Å².